The van der Waals surface area contributed by atoms with Crippen molar-refractivity contribution in [1.29, 1.82) is 0 Å². The standard InChI is InChI=1S/C25H33NO7/c1-16(2)4-9-19-24(33-19)22-23(29-3)20(10-11-25(22)15-31-25)32-21(28)14-26-17-5-7-18(8-6-17)30-13-12-27/h4-8,20,22-23,26-27H,9-15H2,1-3H3/t20-,22-,23-,25+/m1/s1. The van der Waals surface area contributed by atoms with Crippen molar-refractivity contribution in [2.75, 3.05) is 38.8 Å². The predicted molar refractivity (Wildman–Crippen MR) is 122 cm³/mol. The number of nitrogens with one attached hydrogen (secondary N) is 1. The van der Waals surface area contributed by atoms with Crippen molar-refractivity contribution in [3.05, 3.63) is 47.4 Å². The van der Waals surface area contributed by atoms with Gasteiger partial charge in [-0.05, 0) is 51.0 Å². The number of esters is 1. The Bertz CT molecular complexity index is 900. The van der Waals surface area contributed by atoms with Gasteiger partial charge >= 0.3 is 5.97 Å². The van der Waals surface area contributed by atoms with Crippen molar-refractivity contribution in [2.24, 2.45) is 5.92 Å². The summed E-state index contributed by atoms with van der Waals surface area (Å²) < 4.78 is 28.7. The van der Waals surface area contributed by atoms with Crippen LogP contribution >= 0.6 is 0 Å². The monoisotopic (exact) mass is 459 g/mol. The number of ether oxygens (including phenoxy) is 5. The summed E-state index contributed by atoms with van der Waals surface area (Å²) >= 11 is 0. The molecule has 0 amide bonds. The molecular formula is C25H33NO7. The number of carbonyl (C=O) groups is 1. The zero-order valence-corrected chi connectivity index (χ0v) is 19.5. The first kappa shape index (κ1) is 23.6. The third-order valence-electron chi connectivity index (χ3n) is 6.28. The Morgan fingerprint density at radius 1 is 1.30 bits per heavy atom. The highest BCUT2D eigenvalue weighted by molar-refractivity contribution is 5.75. The molecule has 1 aromatic rings. The molecule has 1 saturated heterocycles. The van der Waals surface area contributed by atoms with Crippen LogP contribution in [0.15, 0.2) is 47.4 Å². The highest BCUT2D eigenvalue weighted by Gasteiger charge is 2.64. The van der Waals surface area contributed by atoms with E-state index < -0.39 is 0 Å². The molecule has 2 fully saturated rings. The second-order valence-electron chi connectivity index (χ2n) is 8.92. The summed E-state index contributed by atoms with van der Waals surface area (Å²) in [6, 6.07) is 7.18. The molecule has 0 unspecified atom stereocenters. The van der Waals surface area contributed by atoms with E-state index in [0.717, 1.165) is 30.0 Å². The Hall–Kier alpha value is -2.55. The van der Waals surface area contributed by atoms with Crippen LogP contribution in [0, 0.1) is 5.92 Å². The molecule has 1 saturated carbocycles. The molecule has 4 rings (SSSR count). The fourth-order valence-corrected chi connectivity index (χ4v) is 4.44. The molecule has 3 aliphatic rings. The SMILES string of the molecule is CO[C@@H]1[C@H](OC(=O)CNc2ccc(OCCO)cc2)CC[C@]2(CO2)[C@H]1C1=C(CC=C(C)C)O1. The number of carbonyl (C=O) groups excluding carboxylic acids is 1. The van der Waals surface area contributed by atoms with Crippen LogP contribution in [0.25, 0.3) is 0 Å². The van der Waals surface area contributed by atoms with Crippen molar-refractivity contribution >= 4 is 11.7 Å². The minimum absolute atomic E-state index is 0.0379. The molecule has 4 atom stereocenters. The summed E-state index contributed by atoms with van der Waals surface area (Å²) in [6.07, 6.45) is 3.72. The normalized spacial score (nSPS) is 27.6. The number of aliphatic hydroxyl groups is 1. The number of hydrogen-bond donors (Lipinski definition) is 2. The Labute approximate surface area is 194 Å². The van der Waals surface area contributed by atoms with Crippen LogP contribution in [0.3, 0.4) is 0 Å². The van der Waals surface area contributed by atoms with Gasteiger partial charge in [0.05, 0.1) is 19.1 Å². The lowest BCUT2D eigenvalue weighted by atomic mass is 9.75. The first-order chi connectivity index (χ1) is 16.0. The van der Waals surface area contributed by atoms with Gasteiger partial charge in [0.2, 0.25) is 0 Å². The Kier molecular flexibility index (Phi) is 7.26. The van der Waals surface area contributed by atoms with Crippen LogP contribution in [-0.2, 0) is 23.7 Å². The fourth-order valence-electron chi connectivity index (χ4n) is 4.44. The highest BCUT2D eigenvalue weighted by Crippen LogP contribution is 2.55. The number of rotatable bonds is 11. The molecule has 8 heteroatoms. The van der Waals surface area contributed by atoms with E-state index in [-0.39, 0.29) is 49.5 Å². The molecule has 8 nitrogen and oxygen atoms in total. The van der Waals surface area contributed by atoms with Gasteiger partial charge in [-0.3, -0.25) is 4.79 Å². The van der Waals surface area contributed by atoms with Gasteiger partial charge in [-0.15, -0.1) is 0 Å². The third kappa shape index (κ3) is 5.69. The van der Waals surface area contributed by atoms with Crippen molar-refractivity contribution in [3.8, 4) is 5.75 Å². The van der Waals surface area contributed by atoms with Crippen LogP contribution in [0.1, 0.15) is 33.1 Å². The Morgan fingerprint density at radius 3 is 2.70 bits per heavy atom. The van der Waals surface area contributed by atoms with Crippen LogP contribution in [0.5, 0.6) is 5.75 Å². The number of epoxide rings is 1. The number of methoxy groups -OCH3 is 1. The maximum atomic E-state index is 12.6. The van der Waals surface area contributed by atoms with Crippen LogP contribution < -0.4 is 10.1 Å². The molecule has 2 aliphatic heterocycles. The van der Waals surface area contributed by atoms with E-state index in [1.807, 2.05) is 12.1 Å². The number of allylic oxidation sites excluding steroid dienone is 2. The molecule has 180 valence electrons. The molecule has 33 heavy (non-hydrogen) atoms. The highest BCUT2D eigenvalue weighted by atomic mass is 16.6. The predicted octanol–water partition coefficient (Wildman–Crippen LogP) is 3.17. The van der Waals surface area contributed by atoms with Gasteiger partial charge in [-0.25, -0.2) is 0 Å². The molecular weight excluding hydrogens is 426 g/mol. The van der Waals surface area contributed by atoms with Crippen LogP contribution in [0.4, 0.5) is 5.69 Å². The summed E-state index contributed by atoms with van der Waals surface area (Å²) in [4.78, 5) is 12.6. The zero-order chi connectivity index (χ0) is 23.4. The Morgan fingerprint density at radius 2 is 2.06 bits per heavy atom. The van der Waals surface area contributed by atoms with E-state index in [0.29, 0.717) is 18.8 Å². The second-order valence-corrected chi connectivity index (χ2v) is 8.92. The lowest BCUT2D eigenvalue weighted by Gasteiger charge is -2.38. The molecule has 0 bridgehead atoms. The van der Waals surface area contributed by atoms with Crippen molar-refractivity contribution in [1.82, 2.24) is 0 Å². The van der Waals surface area contributed by atoms with Crippen molar-refractivity contribution in [3.63, 3.8) is 0 Å². The summed E-state index contributed by atoms with van der Waals surface area (Å²) in [5.74, 6) is 2.15. The van der Waals surface area contributed by atoms with Crippen molar-refractivity contribution < 1.29 is 33.6 Å². The van der Waals surface area contributed by atoms with Crippen LogP contribution in [-0.4, -0.2) is 62.4 Å². The first-order valence-corrected chi connectivity index (χ1v) is 11.4. The largest absolute Gasteiger partial charge is 0.491 e. The maximum absolute atomic E-state index is 12.6. The lowest BCUT2D eigenvalue weighted by molar-refractivity contribution is -0.164. The van der Waals surface area contributed by atoms with E-state index in [1.54, 1.807) is 19.2 Å². The molecule has 0 radical (unpaired) electrons. The summed E-state index contributed by atoms with van der Waals surface area (Å²) in [5, 5.41) is 11.9. The molecule has 0 aromatic heterocycles. The topological polar surface area (TPSA) is 102 Å². The van der Waals surface area contributed by atoms with Gasteiger partial charge in [0.15, 0.2) is 5.76 Å². The van der Waals surface area contributed by atoms with E-state index in [9.17, 15) is 4.79 Å². The maximum Gasteiger partial charge on any atom is 0.325 e. The summed E-state index contributed by atoms with van der Waals surface area (Å²) in [5.41, 5.74) is 1.76. The zero-order valence-electron chi connectivity index (χ0n) is 19.5. The summed E-state index contributed by atoms with van der Waals surface area (Å²) in [6.45, 7) is 5.06. The van der Waals surface area contributed by atoms with Crippen LogP contribution in [0.2, 0.25) is 0 Å². The quantitative estimate of drug-likeness (QED) is 0.296. The Balaban J connectivity index is 1.34. The van der Waals surface area contributed by atoms with Gasteiger partial charge in [0, 0.05) is 19.2 Å². The summed E-state index contributed by atoms with van der Waals surface area (Å²) in [7, 11) is 1.65. The average Bonchev–Trinajstić information content (AvgIpc) is 3.74. The van der Waals surface area contributed by atoms with Crippen molar-refractivity contribution in [2.45, 2.75) is 50.9 Å². The van der Waals surface area contributed by atoms with Gasteiger partial charge in [-0.1, -0.05) is 11.6 Å². The molecule has 1 spiro atoms. The number of anilines is 1. The number of hydrogen-bond acceptors (Lipinski definition) is 8. The molecule has 1 aromatic carbocycles. The number of aliphatic hydroxyl groups excluding tert-OH is 1. The van der Waals surface area contributed by atoms with Gasteiger partial charge in [0.1, 0.15) is 42.5 Å². The van der Waals surface area contributed by atoms with Gasteiger partial charge in [0.25, 0.3) is 0 Å². The fraction of sp³-hybridized carbons (Fsp3) is 0.560. The lowest BCUT2D eigenvalue weighted by Crippen LogP contribution is -2.50. The van der Waals surface area contributed by atoms with Gasteiger partial charge in [-0.2, -0.15) is 0 Å². The van der Waals surface area contributed by atoms with E-state index >= 15 is 0 Å². The minimum Gasteiger partial charge on any atom is -0.491 e. The third-order valence-corrected chi connectivity index (χ3v) is 6.28. The number of benzene rings is 1. The molecule has 1 aliphatic carbocycles. The second kappa shape index (κ2) is 10.2. The smallest absolute Gasteiger partial charge is 0.325 e. The molecule has 2 heterocycles. The van der Waals surface area contributed by atoms with E-state index in [2.05, 4.69) is 25.2 Å². The van der Waals surface area contributed by atoms with E-state index in [4.69, 9.17) is 28.8 Å². The molecule has 2 N–H and O–H groups in total. The van der Waals surface area contributed by atoms with E-state index in [1.165, 1.54) is 5.57 Å². The van der Waals surface area contributed by atoms with Gasteiger partial charge < -0.3 is 34.1 Å². The first-order valence-electron chi connectivity index (χ1n) is 11.4. The minimum atomic E-state index is -0.361. The average molecular weight is 460 g/mol.